The number of hydrogen-bond donors (Lipinski definition) is 1. The van der Waals surface area contributed by atoms with Gasteiger partial charge < -0.3 is 5.11 Å². The highest BCUT2D eigenvalue weighted by atomic mass is 16.3. The fourth-order valence-corrected chi connectivity index (χ4v) is 1.36. The van der Waals surface area contributed by atoms with Crippen molar-refractivity contribution in [3.63, 3.8) is 0 Å². The Labute approximate surface area is 83.5 Å². The SMILES string of the molecule is CCC(C)CC(O)C(C)C(C)(C)C. The Kier molecular flexibility index (Phi) is 4.98. The first kappa shape index (κ1) is 13.0. The lowest BCUT2D eigenvalue weighted by Crippen LogP contribution is -2.30. The van der Waals surface area contributed by atoms with Crippen LogP contribution in [0.4, 0.5) is 0 Å². The van der Waals surface area contributed by atoms with Gasteiger partial charge in [-0.3, -0.25) is 0 Å². The lowest BCUT2D eigenvalue weighted by atomic mass is 9.76. The summed E-state index contributed by atoms with van der Waals surface area (Å²) in [6, 6.07) is 0. The molecule has 0 aliphatic heterocycles. The molecule has 80 valence electrons. The third kappa shape index (κ3) is 4.66. The Hall–Kier alpha value is -0.0400. The molecule has 0 amide bonds. The zero-order valence-electron chi connectivity index (χ0n) is 10.1. The maximum absolute atomic E-state index is 9.95. The summed E-state index contributed by atoms with van der Waals surface area (Å²) in [5, 5.41) is 9.95. The average molecular weight is 186 g/mol. The van der Waals surface area contributed by atoms with Gasteiger partial charge in [0.25, 0.3) is 0 Å². The van der Waals surface area contributed by atoms with Crippen LogP contribution in [0.25, 0.3) is 0 Å². The van der Waals surface area contributed by atoms with Gasteiger partial charge in [0.05, 0.1) is 6.10 Å². The second-order valence-corrected chi connectivity index (χ2v) is 5.47. The van der Waals surface area contributed by atoms with Gasteiger partial charge in [0.2, 0.25) is 0 Å². The number of hydrogen-bond acceptors (Lipinski definition) is 1. The molecule has 0 saturated carbocycles. The van der Waals surface area contributed by atoms with E-state index < -0.39 is 0 Å². The molecule has 0 rings (SSSR count). The molecule has 3 unspecified atom stereocenters. The molecular weight excluding hydrogens is 160 g/mol. The summed E-state index contributed by atoms with van der Waals surface area (Å²) in [4.78, 5) is 0. The molecule has 1 heteroatoms. The minimum absolute atomic E-state index is 0.144. The normalized spacial score (nSPS) is 19.6. The van der Waals surface area contributed by atoms with Gasteiger partial charge in [0, 0.05) is 0 Å². The largest absolute Gasteiger partial charge is 0.393 e. The Morgan fingerprint density at radius 2 is 1.62 bits per heavy atom. The fraction of sp³-hybridized carbons (Fsp3) is 1.00. The van der Waals surface area contributed by atoms with Crippen LogP contribution in [0, 0.1) is 17.3 Å². The summed E-state index contributed by atoms with van der Waals surface area (Å²) in [7, 11) is 0. The molecule has 1 N–H and O–H groups in total. The van der Waals surface area contributed by atoms with Crippen molar-refractivity contribution in [2.75, 3.05) is 0 Å². The maximum atomic E-state index is 9.95. The number of aliphatic hydroxyl groups is 1. The van der Waals surface area contributed by atoms with Gasteiger partial charge in [-0.05, 0) is 23.7 Å². The first-order chi connectivity index (χ1) is 5.79. The van der Waals surface area contributed by atoms with Crippen molar-refractivity contribution < 1.29 is 5.11 Å². The predicted molar refractivity (Wildman–Crippen MR) is 58.7 cm³/mol. The number of rotatable bonds is 4. The molecule has 0 aromatic carbocycles. The van der Waals surface area contributed by atoms with Gasteiger partial charge in [-0.15, -0.1) is 0 Å². The third-order valence-corrected chi connectivity index (χ3v) is 3.28. The Balaban J connectivity index is 4.03. The molecule has 3 atom stereocenters. The third-order valence-electron chi connectivity index (χ3n) is 3.28. The van der Waals surface area contributed by atoms with Crippen molar-refractivity contribution >= 4 is 0 Å². The summed E-state index contributed by atoms with van der Waals surface area (Å²) in [6.07, 6.45) is 1.96. The molecule has 0 fully saturated rings. The van der Waals surface area contributed by atoms with Crippen LogP contribution in [0.3, 0.4) is 0 Å². The lowest BCUT2D eigenvalue weighted by Gasteiger charge is -2.32. The Bertz CT molecular complexity index is 135. The monoisotopic (exact) mass is 186 g/mol. The first-order valence-corrected chi connectivity index (χ1v) is 5.47. The highest BCUT2D eigenvalue weighted by molar-refractivity contribution is 4.77. The van der Waals surface area contributed by atoms with Gasteiger partial charge in [0.1, 0.15) is 0 Å². The Morgan fingerprint density at radius 1 is 1.15 bits per heavy atom. The van der Waals surface area contributed by atoms with E-state index in [1.54, 1.807) is 0 Å². The summed E-state index contributed by atoms with van der Waals surface area (Å²) in [5.41, 5.74) is 0.215. The van der Waals surface area contributed by atoms with Crippen LogP contribution in [0.5, 0.6) is 0 Å². The molecule has 0 heterocycles. The molecule has 0 saturated heterocycles. The Morgan fingerprint density at radius 3 is 1.92 bits per heavy atom. The second-order valence-electron chi connectivity index (χ2n) is 5.47. The minimum Gasteiger partial charge on any atom is -0.393 e. The van der Waals surface area contributed by atoms with E-state index in [9.17, 15) is 5.11 Å². The molecule has 0 aliphatic rings. The minimum atomic E-state index is -0.144. The smallest absolute Gasteiger partial charge is 0.0573 e. The molecule has 0 radical (unpaired) electrons. The van der Waals surface area contributed by atoms with Gasteiger partial charge >= 0.3 is 0 Å². The van der Waals surface area contributed by atoms with E-state index in [2.05, 4.69) is 41.5 Å². The number of aliphatic hydroxyl groups excluding tert-OH is 1. The van der Waals surface area contributed by atoms with Crippen LogP contribution in [-0.4, -0.2) is 11.2 Å². The van der Waals surface area contributed by atoms with E-state index in [1.807, 2.05) is 0 Å². The van der Waals surface area contributed by atoms with Gasteiger partial charge in [0.15, 0.2) is 0 Å². The van der Waals surface area contributed by atoms with E-state index in [4.69, 9.17) is 0 Å². The predicted octanol–water partition coefficient (Wildman–Crippen LogP) is 3.47. The van der Waals surface area contributed by atoms with E-state index >= 15 is 0 Å². The van der Waals surface area contributed by atoms with E-state index in [0.29, 0.717) is 11.8 Å². The lowest BCUT2D eigenvalue weighted by molar-refractivity contribution is 0.0368. The average Bonchev–Trinajstić information content (AvgIpc) is 2.01. The van der Waals surface area contributed by atoms with Gasteiger partial charge in [-0.25, -0.2) is 0 Å². The van der Waals surface area contributed by atoms with Crippen molar-refractivity contribution in [2.24, 2.45) is 17.3 Å². The van der Waals surface area contributed by atoms with Crippen LogP contribution in [0.1, 0.15) is 54.4 Å². The van der Waals surface area contributed by atoms with Crippen LogP contribution < -0.4 is 0 Å². The van der Waals surface area contributed by atoms with Crippen LogP contribution in [0.15, 0.2) is 0 Å². The summed E-state index contributed by atoms with van der Waals surface area (Å²) in [6.45, 7) is 13.1. The molecule has 0 aliphatic carbocycles. The molecular formula is C12H26O. The fourth-order valence-electron chi connectivity index (χ4n) is 1.36. The van der Waals surface area contributed by atoms with Crippen molar-refractivity contribution in [2.45, 2.75) is 60.5 Å². The van der Waals surface area contributed by atoms with Crippen molar-refractivity contribution in [3.05, 3.63) is 0 Å². The van der Waals surface area contributed by atoms with E-state index in [0.717, 1.165) is 12.8 Å². The molecule has 13 heavy (non-hydrogen) atoms. The summed E-state index contributed by atoms with van der Waals surface area (Å²) in [5.74, 6) is 1.02. The topological polar surface area (TPSA) is 20.2 Å². The zero-order chi connectivity index (χ0) is 10.6. The van der Waals surface area contributed by atoms with Crippen LogP contribution >= 0.6 is 0 Å². The molecule has 0 aromatic rings. The van der Waals surface area contributed by atoms with Crippen LogP contribution in [-0.2, 0) is 0 Å². The highest BCUT2D eigenvalue weighted by Gasteiger charge is 2.27. The zero-order valence-corrected chi connectivity index (χ0v) is 10.1. The van der Waals surface area contributed by atoms with Crippen LogP contribution in [0.2, 0.25) is 0 Å². The van der Waals surface area contributed by atoms with Crippen molar-refractivity contribution in [1.82, 2.24) is 0 Å². The quantitative estimate of drug-likeness (QED) is 0.713. The van der Waals surface area contributed by atoms with Crippen molar-refractivity contribution in [3.8, 4) is 0 Å². The van der Waals surface area contributed by atoms with Gasteiger partial charge in [-0.1, -0.05) is 48.0 Å². The van der Waals surface area contributed by atoms with Crippen molar-refractivity contribution in [1.29, 1.82) is 0 Å². The molecule has 0 spiro atoms. The maximum Gasteiger partial charge on any atom is 0.0573 e. The molecule has 1 nitrogen and oxygen atoms in total. The molecule has 0 bridgehead atoms. The standard InChI is InChI=1S/C12H26O/c1-7-9(2)8-11(13)10(3)12(4,5)6/h9-11,13H,7-8H2,1-6H3. The first-order valence-electron chi connectivity index (χ1n) is 5.47. The second kappa shape index (κ2) is 4.99. The summed E-state index contributed by atoms with van der Waals surface area (Å²) < 4.78 is 0. The molecule has 0 aromatic heterocycles. The highest BCUT2D eigenvalue weighted by Crippen LogP contribution is 2.30. The summed E-state index contributed by atoms with van der Waals surface area (Å²) >= 11 is 0. The van der Waals surface area contributed by atoms with Gasteiger partial charge in [-0.2, -0.15) is 0 Å². The van der Waals surface area contributed by atoms with E-state index in [1.165, 1.54) is 0 Å². The van der Waals surface area contributed by atoms with E-state index in [-0.39, 0.29) is 11.5 Å².